The van der Waals surface area contributed by atoms with Gasteiger partial charge in [-0.05, 0) is 58.7 Å². The summed E-state index contributed by atoms with van der Waals surface area (Å²) in [6.45, 7) is 0. The molecule has 0 radical (unpaired) electrons. The van der Waals surface area contributed by atoms with Gasteiger partial charge in [0.1, 0.15) is 0 Å². The average Bonchev–Trinajstić information content (AvgIpc) is 3.39. The van der Waals surface area contributed by atoms with Crippen molar-refractivity contribution in [1.29, 1.82) is 0 Å². The largest absolute Gasteiger partial charge is 0.254 e. The Labute approximate surface area is 224 Å². The maximum atomic E-state index is 5.07. The van der Waals surface area contributed by atoms with Crippen LogP contribution in [-0.4, -0.2) is 19.6 Å². The second kappa shape index (κ2) is 8.61. The van der Waals surface area contributed by atoms with Crippen molar-refractivity contribution in [2.45, 2.75) is 0 Å². The van der Waals surface area contributed by atoms with E-state index < -0.39 is 0 Å². The molecule has 0 amide bonds. The van der Waals surface area contributed by atoms with Crippen LogP contribution in [0, 0.1) is 0 Å². The van der Waals surface area contributed by atoms with Crippen molar-refractivity contribution in [3.63, 3.8) is 0 Å². The zero-order valence-corrected chi connectivity index (χ0v) is 21.0. The molecule has 0 aliphatic carbocycles. The molecule has 4 aromatic heterocycles. The van der Waals surface area contributed by atoms with Crippen LogP contribution >= 0.6 is 0 Å². The number of pyridine rings is 3. The number of rotatable bonds is 3. The van der Waals surface area contributed by atoms with Crippen molar-refractivity contribution >= 4 is 38.2 Å². The molecule has 4 nitrogen and oxygen atoms in total. The van der Waals surface area contributed by atoms with Gasteiger partial charge in [0, 0.05) is 22.4 Å². The van der Waals surface area contributed by atoms with Crippen molar-refractivity contribution in [2.75, 3.05) is 0 Å². The van der Waals surface area contributed by atoms with Gasteiger partial charge in [-0.15, -0.1) is 0 Å². The fraction of sp³-hybridized carbons (Fsp3) is 0. The van der Waals surface area contributed by atoms with Gasteiger partial charge >= 0.3 is 0 Å². The molecule has 4 aromatic carbocycles. The Morgan fingerprint density at radius 3 is 2.08 bits per heavy atom. The summed E-state index contributed by atoms with van der Waals surface area (Å²) in [6, 6.07) is 44.4. The molecule has 8 rings (SSSR count). The van der Waals surface area contributed by atoms with Crippen molar-refractivity contribution in [3.8, 4) is 33.6 Å². The summed E-state index contributed by atoms with van der Waals surface area (Å²) in [6.07, 6.45) is 1.82. The summed E-state index contributed by atoms with van der Waals surface area (Å²) in [5.74, 6) is 0. The zero-order valence-electron chi connectivity index (χ0n) is 21.0. The van der Waals surface area contributed by atoms with Crippen LogP contribution in [0.25, 0.3) is 71.9 Å². The highest BCUT2D eigenvalue weighted by Crippen LogP contribution is 2.32. The predicted molar refractivity (Wildman–Crippen MR) is 160 cm³/mol. The van der Waals surface area contributed by atoms with Crippen LogP contribution in [0.15, 0.2) is 134 Å². The maximum Gasteiger partial charge on any atom is 0.0972 e. The molecule has 0 atom stereocenters. The number of fused-ring (bicyclic) bond motifs is 6. The van der Waals surface area contributed by atoms with E-state index in [0.717, 1.165) is 49.6 Å². The molecule has 0 saturated carbocycles. The fourth-order valence-electron chi connectivity index (χ4n) is 5.47. The van der Waals surface area contributed by atoms with Gasteiger partial charge in [-0.1, -0.05) is 91.0 Å². The van der Waals surface area contributed by atoms with Gasteiger partial charge < -0.3 is 0 Å². The van der Waals surface area contributed by atoms with E-state index in [1.807, 2.05) is 22.8 Å². The molecule has 0 N–H and O–H groups in total. The van der Waals surface area contributed by atoms with Crippen LogP contribution < -0.4 is 0 Å². The Hall–Kier alpha value is -5.35. The molecule has 8 aromatic rings. The van der Waals surface area contributed by atoms with Crippen molar-refractivity contribution in [1.82, 2.24) is 19.6 Å². The smallest absolute Gasteiger partial charge is 0.0972 e. The van der Waals surface area contributed by atoms with Gasteiger partial charge in [-0.25, -0.2) is 9.50 Å². The minimum atomic E-state index is 0.871. The minimum absolute atomic E-state index is 0.871. The highest BCUT2D eigenvalue weighted by atomic mass is 15.2. The van der Waals surface area contributed by atoms with E-state index in [0.29, 0.717) is 0 Å². The van der Waals surface area contributed by atoms with Crippen molar-refractivity contribution < 1.29 is 0 Å². The normalized spacial score (nSPS) is 11.6. The van der Waals surface area contributed by atoms with E-state index in [-0.39, 0.29) is 0 Å². The van der Waals surface area contributed by atoms with Gasteiger partial charge in [0.05, 0.1) is 33.5 Å². The van der Waals surface area contributed by atoms with Crippen molar-refractivity contribution in [2.24, 2.45) is 0 Å². The van der Waals surface area contributed by atoms with Gasteiger partial charge in [0.15, 0.2) is 0 Å². The fourth-order valence-corrected chi connectivity index (χ4v) is 5.47. The van der Waals surface area contributed by atoms with Gasteiger partial charge in [0.2, 0.25) is 0 Å². The number of benzene rings is 4. The monoisotopic (exact) mass is 498 g/mol. The first-order valence-corrected chi connectivity index (χ1v) is 13.0. The molecule has 4 heteroatoms. The molecule has 0 bridgehead atoms. The third-order valence-electron chi connectivity index (χ3n) is 7.46. The van der Waals surface area contributed by atoms with Crippen LogP contribution in [0.4, 0.5) is 0 Å². The van der Waals surface area contributed by atoms with Crippen LogP contribution in [0.5, 0.6) is 0 Å². The molecular formula is C35H22N4. The van der Waals surface area contributed by atoms with E-state index in [9.17, 15) is 0 Å². The van der Waals surface area contributed by atoms with E-state index in [4.69, 9.17) is 10.1 Å². The Balaban J connectivity index is 1.24. The lowest BCUT2D eigenvalue weighted by Gasteiger charge is -2.07. The lowest BCUT2D eigenvalue weighted by molar-refractivity contribution is 0.984. The number of hydrogen-bond donors (Lipinski definition) is 0. The molecule has 39 heavy (non-hydrogen) atoms. The lowest BCUT2D eigenvalue weighted by Crippen LogP contribution is -1.96. The van der Waals surface area contributed by atoms with E-state index in [1.54, 1.807) is 0 Å². The summed E-state index contributed by atoms with van der Waals surface area (Å²) < 4.78 is 2.01. The molecule has 182 valence electrons. The Kier molecular flexibility index (Phi) is 4.79. The molecule has 0 saturated heterocycles. The van der Waals surface area contributed by atoms with Crippen LogP contribution in [-0.2, 0) is 0 Å². The topological polar surface area (TPSA) is 43.1 Å². The average molecular weight is 499 g/mol. The molecule has 4 heterocycles. The van der Waals surface area contributed by atoms with E-state index >= 15 is 0 Å². The van der Waals surface area contributed by atoms with E-state index in [1.165, 1.54) is 22.3 Å². The Morgan fingerprint density at radius 2 is 1.23 bits per heavy atom. The number of hydrogen-bond acceptors (Lipinski definition) is 3. The Morgan fingerprint density at radius 1 is 0.513 bits per heavy atom. The molecule has 0 unspecified atom stereocenters. The summed E-state index contributed by atoms with van der Waals surface area (Å²) in [7, 11) is 0. The van der Waals surface area contributed by atoms with Gasteiger partial charge in [-0.2, -0.15) is 5.10 Å². The molecular weight excluding hydrogens is 476 g/mol. The SMILES string of the molecule is c1ccc(-c2ccc(-c3ccc4nn5c(-c6ccc7ccc8cccnc8c7n6)cccc5c4c3)cc2)cc1. The summed E-state index contributed by atoms with van der Waals surface area (Å²) in [5.41, 5.74) is 10.4. The van der Waals surface area contributed by atoms with Gasteiger partial charge in [-0.3, -0.25) is 4.98 Å². The van der Waals surface area contributed by atoms with Gasteiger partial charge in [0.25, 0.3) is 0 Å². The Bertz CT molecular complexity index is 2160. The minimum Gasteiger partial charge on any atom is -0.254 e. The van der Waals surface area contributed by atoms with E-state index in [2.05, 4.69) is 120 Å². The van der Waals surface area contributed by atoms with Crippen LogP contribution in [0.2, 0.25) is 0 Å². The lowest BCUT2D eigenvalue weighted by atomic mass is 9.99. The predicted octanol–water partition coefficient (Wildman–Crippen LogP) is 8.58. The summed E-state index contributed by atoms with van der Waals surface area (Å²) >= 11 is 0. The third kappa shape index (κ3) is 3.57. The standard InChI is InChI=1S/C35H22N4/c1-2-6-23(7-3-1)24-11-13-25(14-12-24)28-18-19-30-29(22-28)32-9-4-10-33(39(32)38-30)31-20-17-27-16-15-26-8-5-21-36-34(26)35(27)37-31/h1-22H. The molecule has 0 fully saturated rings. The highest BCUT2D eigenvalue weighted by molar-refractivity contribution is 6.03. The van der Waals surface area contributed by atoms with Crippen LogP contribution in [0.3, 0.4) is 0 Å². The number of nitrogens with zero attached hydrogens (tertiary/aromatic N) is 4. The molecule has 0 aliphatic heterocycles. The van der Waals surface area contributed by atoms with Crippen LogP contribution in [0.1, 0.15) is 0 Å². The number of aromatic nitrogens is 4. The quantitative estimate of drug-likeness (QED) is 0.229. The first kappa shape index (κ1) is 21.7. The molecule has 0 aliphatic rings. The first-order chi connectivity index (χ1) is 19.3. The maximum absolute atomic E-state index is 5.07. The molecule has 0 spiro atoms. The van der Waals surface area contributed by atoms with Crippen molar-refractivity contribution in [3.05, 3.63) is 134 Å². The second-order valence-corrected chi connectivity index (χ2v) is 9.79. The zero-order chi connectivity index (χ0) is 25.8. The second-order valence-electron chi connectivity index (χ2n) is 9.79. The third-order valence-corrected chi connectivity index (χ3v) is 7.46. The first-order valence-electron chi connectivity index (χ1n) is 13.0. The summed E-state index contributed by atoms with van der Waals surface area (Å²) in [5, 5.41) is 8.26. The highest BCUT2D eigenvalue weighted by Gasteiger charge is 2.13. The summed E-state index contributed by atoms with van der Waals surface area (Å²) in [4.78, 5) is 9.69.